The minimum atomic E-state index is -3.91. The van der Waals surface area contributed by atoms with Crippen molar-refractivity contribution in [3.63, 3.8) is 0 Å². The molecule has 23 heavy (non-hydrogen) atoms. The van der Waals surface area contributed by atoms with Gasteiger partial charge in [0.15, 0.2) is 0 Å². The van der Waals surface area contributed by atoms with Gasteiger partial charge in [-0.2, -0.15) is 0 Å². The van der Waals surface area contributed by atoms with Gasteiger partial charge in [0.2, 0.25) is 0 Å². The summed E-state index contributed by atoms with van der Waals surface area (Å²) in [4.78, 5) is 6.87. The fourth-order valence-electron chi connectivity index (χ4n) is 1.74. The molecule has 0 amide bonds. The molecule has 0 atom stereocenters. The summed E-state index contributed by atoms with van der Waals surface area (Å²) in [5, 5.41) is 0.276. The van der Waals surface area contributed by atoms with Gasteiger partial charge in [0.25, 0.3) is 10.0 Å². The quantitative estimate of drug-likeness (QED) is 0.580. The average molecular weight is 358 g/mol. The predicted octanol–water partition coefficient (Wildman–Crippen LogP) is 2.64. The minimum Gasteiger partial charge on any atom is -0.495 e. The first kappa shape index (κ1) is 17.6. The van der Waals surface area contributed by atoms with Crippen LogP contribution in [0.4, 0.5) is 0 Å². The summed E-state index contributed by atoms with van der Waals surface area (Å²) in [6, 6.07) is 13.4. The van der Waals surface area contributed by atoms with E-state index in [0.717, 1.165) is 0 Å². The third-order valence-corrected chi connectivity index (χ3v) is 4.25. The van der Waals surface area contributed by atoms with Crippen LogP contribution in [0.15, 0.2) is 53.4 Å². The fraction of sp³-hybridized carbons (Fsp3) is 0.200. The molecule has 2 aromatic rings. The second-order valence-corrected chi connectivity index (χ2v) is 6.44. The molecule has 0 heterocycles. The van der Waals surface area contributed by atoms with Crippen LogP contribution in [0.1, 0.15) is 0 Å². The van der Waals surface area contributed by atoms with Crippen molar-refractivity contribution in [1.82, 2.24) is 4.89 Å². The molecule has 2 rings (SSSR count). The molecule has 0 aliphatic carbocycles. The molecule has 2 aromatic carbocycles. The maximum atomic E-state index is 12.2. The summed E-state index contributed by atoms with van der Waals surface area (Å²) in [6.45, 7) is 0.232. The molecule has 0 spiro atoms. The van der Waals surface area contributed by atoms with Gasteiger partial charge in [-0.3, -0.25) is 4.84 Å². The first-order valence-electron chi connectivity index (χ1n) is 6.68. The Bertz CT molecular complexity index is 737. The van der Waals surface area contributed by atoms with E-state index in [0.29, 0.717) is 5.75 Å². The number of benzene rings is 2. The van der Waals surface area contributed by atoms with Crippen molar-refractivity contribution < 1.29 is 22.7 Å². The Morgan fingerprint density at radius 3 is 2.52 bits per heavy atom. The second kappa shape index (κ2) is 8.16. The topological polar surface area (TPSA) is 73.9 Å². The van der Waals surface area contributed by atoms with E-state index in [9.17, 15) is 8.42 Å². The Balaban J connectivity index is 1.88. The smallest absolute Gasteiger partial charge is 0.266 e. The molecule has 0 bridgehead atoms. The SMILES string of the molecule is COc1ccc(Cl)cc1S(=O)(=O)NOCCOc1ccccc1. The maximum absolute atomic E-state index is 12.2. The standard InChI is InChI=1S/C15H16ClNO5S/c1-20-14-8-7-12(16)11-15(14)23(18,19)17-22-10-9-21-13-5-3-2-4-6-13/h2-8,11,17H,9-10H2,1H3. The Kier molecular flexibility index (Phi) is 6.23. The van der Waals surface area contributed by atoms with Gasteiger partial charge in [0.1, 0.15) is 29.6 Å². The molecule has 6 nitrogen and oxygen atoms in total. The highest BCUT2D eigenvalue weighted by Gasteiger charge is 2.20. The van der Waals surface area contributed by atoms with E-state index in [1.165, 1.54) is 25.3 Å². The number of hydrogen-bond donors (Lipinski definition) is 1. The highest BCUT2D eigenvalue weighted by molar-refractivity contribution is 7.89. The summed E-state index contributed by atoms with van der Waals surface area (Å²) in [6.07, 6.45) is 0. The number of nitrogens with one attached hydrogen (secondary N) is 1. The molecule has 0 saturated heterocycles. The number of halogens is 1. The number of hydrogen-bond acceptors (Lipinski definition) is 5. The third-order valence-electron chi connectivity index (χ3n) is 2.78. The summed E-state index contributed by atoms with van der Waals surface area (Å²) in [7, 11) is -2.54. The highest BCUT2D eigenvalue weighted by Crippen LogP contribution is 2.26. The number of methoxy groups -OCH3 is 1. The fourth-order valence-corrected chi connectivity index (χ4v) is 3.01. The molecule has 0 unspecified atom stereocenters. The summed E-state index contributed by atoms with van der Waals surface area (Å²) >= 11 is 5.82. The largest absolute Gasteiger partial charge is 0.495 e. The highest BCUT2D eigenvalue weighted by atomic mass is 35.5. The van der Waals surface area contributed by atoms with Gasteiger partial charge in [-0.15, -0.1) is 0 Å². The van der Waals surface area contributed by atoms with Gasteiger partial charge in [0.05, 0.1) is 7.11 Å². The van der Waals surface area contributed by atoms with Crippen LogP contribution >= 0.6 is 11.6 Å². The zero-order valence-electron chi connectivity index (χ0n) is 12.4. The first-order valence-corrected chi connectivity index (χ1v) is 8.54. The van der Waals surface area contributed by atoms with Gasteiger partial charge in [0, 0.05) is 5.02 Å². The van der Waals surface area contributed by atoms with E-state index in [-0.39, 0.29) is 28.9 Å². The molecular weight excluding hydrogens is 342 g/mol. The van der Waals surface area contributed by atoms with Crippen LogP contribution in [0.5, 0.6) is 11.5 Å². The van der Waals surface area contributed by atoms with E-state index >= 15 is 0 Å². The van der Waals surface area contributed by atoms with Gasteiger partial charge >= 0.3 is 0 Å². The molecule has 1 N–H and O–H groups in total. The minimum absolute atomic E-state index is 0.0387. The van der Waals surface area contributed by atoms with Gasteiger partial charge in [-0.1, -0.05) is 34.7 Å². The van der Waals surface area contributed by atoms with E-state index in [2.05, 4.69) is 0 Å². The van der Waals surface area contributed by atoms with Crippen LogP contribution in [-0.2, 0) is 14.9 Å². The number of ether oxygens (including phenoxy) is 2. The molecular formula is C15H16ClNO5S. The summed E-state index contributed by atoms with van der Waals surface area (Å²) in [5.74, 6) is 0.849. The third kappa shape index (κ3) is 5.11. The van der Waals surface area contributed by atoms with Crippen molar-refractivity contribution in [1.29, 1.82) is 0 Å². The monoisotopic (exact) mass is 357 g/mol. The first-order chi connectivity index (χ1) is 11.0. The van der Waals surface area contributed by atoms with E-state index in [4.69, 9.17) is 25.9 Å². The van der Waals surface area contributed by atoms with Crippen molar-refractivity contribution in [3.05, 3.63) is 53.6 Å². The Labute approximate surface area is 139 Å². The van der Waals surface area contributed by atoms with E-state index in [1.54, 1.807) is 12.1 Å². The molecule has 0 fully saturated rings. The zero-order chi connectivity index (χ0) is 16.7. The lowest BCUT2D eigenvalue weighted by molar-refractivity contribution is 0.0665. The van der Waals surface area contributed by atoms with Crippen molar-refractivity contribution in [3.8, 4) is 11.5 Å². The van der Waals surface area contributed by atoms with E-state index < -0.39 is 10.0 Å². The molecule has 124 valence electrons. The van der Waals surface area contributed by atoms with Crippen molar-refractivity contribution in [2.24, 2.45) is 0 Å². The Hall–Kier alpha value is -1.80. The molecule has 0 radical (unpaired) electrons. The van der Waals surface area contributed by atoms with Crippen LogP contribution < -0.4 is 14.4 Å². The Morgan fingerprint density at radius 2 is 1.83 bits per heavy atom. The predicted molar refractivity (Wildman–Crippen MR) is 86.2 cm³/mol. The molecule has 0 aliphatic heterocycles. The van der Waals surface area contributed by atoms with Crippen LogP contribution in [0.3, 0.4) is 0 Å². The van der Waals surface area contributed by atoms with Crippen molar-refractivity contribution in [2.75, 3.05) is 20.3 Å². The lowest BCUT2D eigenvalue weighted by Gasteiger charge is -2.11. The Morgan fingerprint density at radius 1 is 1.09 bits per heavy atom. The maximum Gasteiger partial charge on any atom is 0.266 e. The zero-order valence-corrected chi connectivity index (χ0v) is 13.9. The van der Waals surface area contributed by atoms with Gasteiger partial charge in [-0.25, -0.2) is 8.42 Å². The molecule has 0 aromatic heterocycles. The lowest BCUT2D eigenvalue weighted by Crippen LogP contribution is -2.26. The molecule has 0 aliphatic rings. The average Bonchev–Trinajstić information content (AvgIpc) is 2.55. The van der Waals surface area contributed by atoms with Crippen LogP contribution in [0, 0.1) is 0 Å². The van der Waals surface area contributed by atoms with Gasteiger partial charge < -0.3 is 9.47 Å². The van der Waals surface area contributed by atoms with Crippen LogP contribution in [0.2, 0.25) is 5.02 Å². The van der Waals surface area contributed by atoms with Crippen LogP contribution in [-0.4, -0.2) is 28.7 Å². The number of rotatable bonds is 8. The number of sulfonamides is 1. The van der Waals surface area contributed by atoms with Crippen molar-refractivity contribution in [2.45, 2.75) is 4.90 Å². The molecule has 0 saturated carbocycles. The summed E-state index contributed by atoms with van der Waals surface area (Å²) in [5.41, 5.74) is 0. The molecule has 8 heteroatoms. The van der Waals surface area contributed by atoms with E-state index in [1.807, 2.05) is 23.1 Å². The van der Waals surface area contributed by atoms with Crippen molar-refractivity contribution >= 4 is 21.6 Å². The lowest BCUT2D eigenvalue weighted by atomic mass is 10.3. The normalized spacial score (nSPS) is 11.2. The van der Waals surface area contributed by atoms with Gasteiger partial charge in [-0.05, 0) is 30.3 Å². The summed E-state index contributed by atoms with van der Waals surface area (Å²) < 4.78 is 34.8. The van der Waals surface area contributed by atoms with Crippen LogP contribution in [0.25, 0.3) is 0 Å². The number of para-hydroxylation sites is 1. The second-order valence-electron chi connectivity index (χ2n) is 4.39.